The molecule has 0 spiro atoms. The Hall–Kier alpha value is -1.70. The van der Waals surface area contributed by atoms with Crippen molar-refractivity contribution in [3.63, 3.8) is 0 Å². The van der Waals surface area contributed by atoms with Gasteiger partial charge in [-0.25, -0.2) is 18.4 Å². The molecule has 1 aromatic heterocycles. The Balaban J connectivity index is 1.52. The van der Waals surface area contributed by atoms with Gasteiger partial charge in [0.15, 0.2) is 9.84 Å². The Kier molecular flexibility index (Phi) is 4.17. The number of nitrogens with one attached hydrogen (secondary N) is 1. The van der Waals surface area contributed by atoms with Crippen LogP contribution in [-0.2, 0) is 14.6 Å². The first-order chi connectivity index (χ1) is 11.9. The predicted octanol–water partition coefficient (Wildman–Crippen LogP) is 0.551. The molecule has 0 radical (unpaired) electrons. The van der Waals surface area contributed by atoms with Crippen LogP contribution in [0.15, 0.2) is 12.4 Å². The molecule has 2 saturated heterocycles. The average Bonchev–Trinajstić information content (AvgIpc) is 3.30. The molecule has 7 nitrogen and oxygen atoms in total. The molecule has 1 aliphatic carbocycles. The van der Waals surface area contributed by atoms with Crippen LogP contribution in [-0.4, -0.2) is 54.9 Å². The number of rotatable bonds is 4. The third kappa shape index (κ3) is 3.36. The van der Waals surface area contributed by atoms with Gasteiger partial charge < -0.3 is 10.2 Å². The predicted molar refractivity (Wildman–Crippen MR) is 93.9 cm³/mol. The summed E-state index contributed by atoms with van der Waals surface area (Å²) in [6.07, 6.45) is 6.26. The van der Waals surface area contributed by atoms with Crippen molar-refractivity contribution in [2.75, 3.05) is 30.3 Å². The maximum atomic E-state index is 12.6. The molecule has 1 N–H and O–H groups in total. The van der Waals surface area contributed by atoms with Gasteiger partial charge in [0.1, 0.15) is 0 Å². The van der Waals surface area contributed by atoms with Crippen molar-refractivity contribution in [2.24, 2.45) is 17.8 Å². The lowest BCUT2D eigenvalue weighted by molar-refractivity contribution is -0.126. The van der Waals surface area contributed by atoms with Gasteiger partial charge in [-0.1, -0.05) is 0 Å². The van der Waals surface area contributed by atoms with Crippen molar-refractivity contribution >= 4 is 21.7 Å². The summed E-state index contributed by atoms with van der Waals surface area (Å²) in [5, 5.41) is 2.54. The van der Waals surface area contributed by atoms with Crippen LogP contribution in [0.1, 0.15) is 24.8 Å². The number of hydrogen-bond donors (Lipinski definition) is 1. The maximum absolute atomic E-state index is 12.6. The highest BCUT2D eigenvalue weighted by molar-refractivity contribution is 7.92. The molecule has 1 aromatic rings. The molecule has 4 rings (SSSR count). The molecule has 25 heavy (non-hydrogen) atoms. The molecule has 3 heterocycles. The molecule has 8 heteroatoms. The van der Waals surface area contributed by atoms with Crippen molar-refractivity contribution in [1.82, 2.24) is 15.3 Å². The highest BCUT2D eigenvalue weighted by Gasteiger charge is 2.51. The summed E-state index contributed by atoms with van der Waals surface area (Å²) in [5.41, 5.74) is 0.963. The van der Waals surface area contributed by atoms with Crippen molar-refractivity contribution in [2.45, 2.75) is 31.4 Å². The van der Waals surface area contributed by atoms with Crippen molar-refractivity contribution < 1.29 is 13.2 Å². The summed E-state index contributed by atoms with van der Waals surface area (Å²) < 4.78 is 25.1. The van der Waals surface area contributed by atoms with E-state index in [2.05, 4.69) is 15.3 Å². The van der Waals surface area contributed by atoms with Crippen LogP contribution in [0.4, 0.5) is 5.95 Å². The number of sulfone groups is 1. The first-order valence-electron chi connectivity index (χ1n) is 8.97. The van der Waals surface area contributed by atoms with E-state index in [-0.39, 0.29) is 23.5 Å². The number of carbonyl (C=O) groups is 1. The molecular weight excluding hydrogens is 340 g/mol. The van der Waals surface area contributed by atoms with E-state index >= 15 is 0 Å². The standard InChI is InChI=1S/C17H24N4O3S/c1-11-6-19-17(20-7-11)21-9-14-13(16(22)18-8-12-2-3-12)4-5-25(23,24)15(14)10-21/h6-7,12-15H,2-5,8-10H2,1H3,(H,18,22)/t13-,14+,15+/m1/s1. The van der Waals surface area contributed by atoms with Crippen LogP contribution in [0.3, 0.4) is 0 Å². The zero-order valence-corrected chi connectivity index (χ0v) is 15.2. The Morgan fingerprint density at radius 2 is 1.96 bits per heavy atom. The molecule has 3 aliphatic rings. The van der Waals surface area contributed by atoms with E-state index in [1.807, 2.05) is 11.8 Å². The zero-order chi connectivity index (χ0) is 17.6. The molecule has 1 saturated carbocycles. The number of nitrogens with zero attached hydrogens (tertiary/aromatic N) is 3. The first kappa shape index (κ1) is 16.8. The van der Waals surface area contributed by atoms with E-state index in [0.717, 1.165) is 12.1 Å². The van der Waals surface area contributed by atoms with Crippen molar-refractivity contribution in [3.05, 3.63) is 18.0 Å². The van der Waals surface area contributed by atoms with Gasteiger partial charge in [-0.05, 0) is 37.7 Å². The Labute approximate surface area is 148 Å². The highest BCUT2D eigenvalue weighted by Crippen LogP contribution is 2.38. The van der Waals surface area contributed by atoms with Gasteiger partial charge in [-0.15, -0.1) is 0 Å². The van der Waals surface area contributed by atoms with E-state index in [9.17, 15) is 13.2 Å². The minimum atomic E-state index is -3.17. The van der Waals surface area contributed by atoms with E-state index in [4.69, 9.17) is 0 Å². The van der Waals surface area contributed by atoms with Gasteiger partial charge in [0.05, 0.1) is 11.0 Å². The van der Waals surface area contributed by atoms with Gasteiger partial charge >= 0.3 is 0 Å². The third-order valence-electron chi connectivity index (χ3n) is 5.65. The molecule has 3 atom stereocenters. The van der Waals surface area contributed by atoms with E-state index in [1.54, 1.807) is 12.4 Å². The number of hydrogen-bond acceptors (Lipinski definition) is 6. The number of amides is 1. The van der Waals surface area contributed by atoms with Crippen molar-refractivity contribution in [3.8, 4) is 0 Å². The summed E-state index contributed by atoms with van der Waals surface area (Å²) in [5.74, 6) is 0.868. The summed E-state index contributed by atoms with van der Waals surface area (Å²) in [6.45, 7) is 3.54. The molecule has 1 amide bonds. The summed E-state index contributed by atoms with van der Waals surface area (Å²) in [7, 11) is -3.17. The summed E-state index contributed by atoms with van der Waals surface area (Å²) in [6, 6.07) is 0. The van der Waals surface area contributed by atoms with Gasteiger partial charge in [-0.2, -0.15) is 0 Å². The van der Waals surface area contributed by atoms with Gasteiger partial charge in [0, 0.05) is 43.9 Å². The topological polar surface area (TPSA) is 92.3 Å². The molecular formula is C17H24N4O3S. The van der Waals surface area contributed by atoms with Crippen LogP contribution in [0.2, 0.25) is 0 Å². The van der Waals surface area contributed by atoms with Crippen LogP contribution in [0, 0.1) is 24.7 Å². The summed E-state index contributed by atoms with van der Waals surface area (Å²) in [4.78, 5) is 23.2. The minimum Gasteiger partial charge on any atom is -0.356 e. The molecule has 2 aliphatic heterocycles. The Morgan fingerprint density at radius 1 is 1.24 bits per heavy atom. The Bertz CT molecular complexity index is 761. The molecule has 0 aromatic carbocycles. The smallest absolute Gasteiger partial charge is 0.225 e. The van der Waals surface area contributed by atoms with Gasteiger partial charge in [0.2, 0.25) is 11.9 Å². The van der Waals surface area contributed by atoms with Crippen LogP contribution >= 0.6 is 0 Å². The summed E-state index contributed by atoms with van der Waals surface area (Å²) >= 11 is 0. The number of anilines is 1. The molecule has 136 valence electrons. The number of carbonyl (C=O) groups excluding carboxylic acids is 1. The molecule has 0 bridgehead atoms. The fourth-order valence-corrected chi connectivity index (χ4v) is 6.06. The number of fused-ring (bicyclic) bond motifs is 1. The lowest BCUT2D eigenvalue weighted by atomic mass is 9.87. The Morgan fingerprint density at radius 3 is 2.64 bits per heavy atom. The number of aryl methyl sites for hydroxylation is 1. The van der Waals surface area contributed by atoms with E-state index in [0.29, 0.717) is 31.4 Å². The number of aromatic nitrogens is 2. The maximum Gasteiger partial charge on any atom is 0.225 e. The normalized spacial score (nSPS) is 30.8. The highest BCUT2D eigenvalue weighted by atomic mass is 32.2. The largest absolute Gasteiger partial charge is 0.356 e. The second kappa shape index (κ2) is 6.23. The van der Waals surface area contributed by atoms with E-state index in [1.165, 1.54) is 12.8 Å². The van der Waals surface area contributed by atoms with Crippen LogP contribution in [0.5, 0.6) is 0 Å². The fourth-order valence-electron chi connectivity index (χ4n) is 3.96. The van der Waals surface area contributed by atoms with Gasteiger partial charge in [0.25, 0.3) is 0 Å². The second-order valence-electron chi connectivity index (χ2n) is 7.62. The quantitative estimate of drug-likeness (QED) is 0.839. The fraction of sp³-hybridized carbons (Fsp3) is 0.706. The van der Waals surface area contributed by atoms with Gasteiger partial charge in [-0.3, -0.25) is 4.79 Å². The first-order valence-corrected chi connectivity index (χ1v) is 10.7. The average molecular weight is 364 g/mol. The zero-order valence-electron chi connectivity index (χ0n) is 14.4. The van der Waals surface area contributed by atoms with Crippen LogP contribution < -0.4 is 10.2 Å². The van der Waals surface area contributed by atoms with Crippen molar-refractivity contribution in [1.29, 1.82) is 0 Å². The molecule has 0 unspecified atom stereocenters. The minimum absolute atomic E-state index is 0.0171. The second-order valence-corrected chi connectivity index (χ2v) is 9.96. The van der Waals surface area contributed by atoms with Crippen LogP contribution in [0.25, 0.3) is 0 Å². The monoisotopic (exact) mass is 364 g/mol. The molecule has 3 fully saturated rings. The lowest BCUT2D eigenvalue weighted by Crippen LogP contribution is -2.47. The lowest BCUT2D eigenvalue weighted by Gasteiger charge is -2.31. The third-order valence-corrected chi connectivity index (χ3v) is 7.88. The SMILES string of the molecule is Cc1cnc(N2C[C@H]3[C@H](C(=O)NCC4CC4)CCS(=O)(=O)[C@H]3C2)nc1. The van der Waals surface area contributed by atoms with E-state index < -0.39 is 15.1 Å².